The molecule has 0 saturated carbocycles. The monoisotopic (exact) mass is 326 g/mol. The number of amides is 2. The summed E-state index contributed by atoms with van der Waals surface area (Å²) in [7, 11) is 2.68. The Morgan fingerprint density at radius 3 is 2.76 bits per heavy atom. The van der Waals surface area contributed by atoms with E-state index in [0.29, 0.717) is 0 Å². The van der Waals surface area contributed by atoms with Gasteiger partial charge in [-0.2, -0.15) is 23.6 Å². The molecule has 1 aromatic rings. The van der Waals surface area contributed by atoms with Gasteiger partial charge in [0.25, 0.3) is 0 Å². The van der Waals surface area contributed by atoms with E-state index < -0.39 is 17.8 Å². The number of oxime groups is 1. The summed E-state index contributed by atoms with van der Waals surface area (Å²) >= 11 is 5.75. The van der Waals surface area contributed by atoms with Gasteiger partial charge in [-0.3, -0.25) is 5.32 Å². The first-order chi connectivity index (χ1) is 9.75. The number of H-pyrrole nitrogens is 1. The van der Waals surface area contributed by atoms with Gasteiger partial charge in [0.15, 0.2) is 0 Å². The molecule has 0 atom stereocenters. The minimum absolute atomic E-state index is 0.0727. The number of nitrogens with one attached hydrogen (secondary N) is 3. The van der Waals surface area contributed by atoms with Crippen molar-refractivity contribution in [3.8, 4) is 0 Å². The van der Waals surface area contributed by atoms with Gasteiger partial charge in [-0.25, -0.2) is 9.78 Å². The third-order valence-electron chi connectivity index (χ3n) is 2.16. The van der Waals surface area contributed by atoms with Gasteiger partial charge >= 0.3 is 18.0 Å². The van der Waals surface area contributed by atoms with Gasteiger partial charge in [0.2, 0.25) is 0 Å². The van der Waals surface area contributed by atoms with Crippen LogP contribution >= 0.6 is 11.6 Å². The van der Waals surface area contributed by atoms with E-state index in [1.165, 1.54) is 14.2 Å². The minimum Gasteiger partial charge on any atom is -0.398 e. The fourth-order valence-corrected chi connectivity index (χ4v) is 1.56. The van der Waals surface area contributed by atoms with Crippen LogP contribution in [0.5, 0.6) is 0 Å². The first-order valence-corrected chi connectivity index (χ1v) is 5.77. The van der Waals surface area contributed by atoms with Crippen molar-refractivity contribution < 1.29 is 27.8 Å². The lowest BCUT2D eigenvalue weighted by Gasteiger charge is -2.13. The third kappa shape index (κ3) is 4.99. The summed E-state index contributed by atoms with van der Waals surface area (Å²) in [5.41, 5.74) is 1.36. The van der Waals surface area contributed by atoms with E-state index in [1.54, 1.807) is 0 Å². The van der Waals surface area contributed by atoms with Crippen LogP contribution in [0, 0.1) is 0 Å². The van der Waals surface area contributed by atoms with E-state index in [2.05, 4.69) is 25.7 Å². The van der Waals surface area contributed by atoms with E-state index >= 15 is 0 Å². The average Bonchev–Trinajstić information content (AvgIpc) is 2.37. The van der Waals surface area contributed by atoms with Crippen molar-refractivity contribution in [2.24, 2.45) is 5.16 Å². The Balaban J connectivity index is 2.77. The van der Waals surface area contributed by atoms with Gasteiger partial charge in [0.05, 0.1) is 5.56 Å². The molecule has 1 heterocycles. The van der Waals surface area contributed by atoms with Gasteiger partial charge in [0, 0.05) is 0 Å². The maximum absolute atomic E-state index is 12.5. The van der Waals surface area contributed by atoms with Crippen molar-refractivity contribution in [3.63, 3.8) is 0 Å². The number of carbonyl (C=O) groups is 1. The summed E-state index contributed by atoms with van der Waals surface area (Å²) < 4.78 is 37.5. The first-order valence-electron chi connectivity index (χ1n) is 5.40. The molecule has 0 fully saturated rings. The van der Waals surface area contributed by atoms with E-state index in [1.807, 2.05) is 0 Å². The largest absolute Gasteiger partial charge is 0.419 e. The maximum atomic E-state index is 12.5. The van der Waals surface area contributed by atoms with Crippen molar-refractivity contribution in [2.45, 2.75) is 6.18 Å². The fourth-order valence-electron chi connectivity index (χ4n) is 1.26. The predicted octanol–water partition coefficient (Wildman–Crippen LogP) is 1.41. The van der Waals surface area contributed by atoms with Crippen molar-refractivity contribution >= 4 is 29.8 Å². The smallest absolute Gasteiger partial charge is 0.398 e. The zero-order valence-electron chi connectivity index (χ0n) is 11.0. The first kappa shape index (κ1) is 16.8. The van der Waals surface area contributed by atoms with Gasteiger partial charge in [-0.05, 0) is 6.07 Å². The fraction of sp³-hybridized carbons (Fsp3) is 0.300. The van der Waals surface area contributed by atoms with Crippen LogP contribution in [0.15, 0.2) is 17.4 Å². The highest BCUT2D eigenvalue weighted by molar-refractivity contribution is 6.32. The molecule has 0 aliphatic heterocycles. The predicted molar refractivity (Wildman–Crippen MR) is 68.6 cm³/mol. The number of hydrogen-bond donors (Lipinski definition) is 2. The molecule has 2 amide bonds. The number of hydrazine groups is 1. The second kappa shape index (κ2) is 6.97. The summed E-state index contributed by atoms with van der Waals surface area (Å²) in [6.45, 7) is 0. The lowest BCUT2D eigenvalue weighted by atomic mass is 10.3. The minimum atomic E-state index is -4.52. The number of rotatable bonds is 4. The van der Waals surface area contributed by atoms with Crippen LogP contribution in [0.1, 0.15) is 5.56 Å². The molecule has 11 heteroatoms. The van der Waals surface area contributed by atoms with Crippen molar-refractivity contribution in [2.75, 3.05) is 19.2 Å². The Hall–Kier alpha value is -2.23. The zero-order chi connectivity index (χ0) is 16.0. The van der Waals surface area contributed by atoms with E-state index in [9.17, 15) is 18.0 Å². The molecular weight excluding hydrogens is 315 g/mol. The molecule has 1 rings (SSSR count). The quantitative estimate of drug-likeness (QED) is 0.499. The van der Waals surface area contributed by atoms with Crippen molar-refractivity contribution in [3.05, 3.63) is 22.8 Å². The molecule has 3 N–H and O–H groups in total. The van der Waals surface area contributed by atoms with Crippen molar-refractivity contribution in [1.29, 1.82) is 0 Å². The molecule has 0 unspecified atom stereocenters. The normalized spacial score (nSPS) is 11.3. The van der Waals surface area contributed by atoms with Gasteiger partial charge in [-0.15, -0.1) is 0 Å². The zero-order valence-corrected chi connectivity index (χ0v) is 11.7. The average molecular weight is 327 g/mol. The van der Waals surface area contributed by atoms with Crippen LogP contribution in [0.2, 0.25) is 5.02 Å². The molecule has 21 heavy (non-hydrogen) atoms. The molecule has 0 radical (unpaired) electrons. The standard InChI is InChI=1S/C10H11ClF3N5O2/c1-19(18-9(20)16-5-17-21-2)8-7(11)3-6(4-15-8)10(12,13)14/h3-5H,1-2H3,(H2,16,17,18,20)/p+1. The lowest BCUT2D eigenvalue weighted by Crippen LogP contribution is -2.47. The van der Waals surface area contributed by atoms with Crippen LogP contribution in [0.4, 0.5) is 23.8 Å². The second-order valence-corrected chi connectivity index (χ2v) is 4.05. The highest BCUT2D eigenvalue weighted by Gasteiger charge is 2.33. The lowest BCUT2D eigenvalue weighted by molar-refractivity contribution is -0.367. The van der Waals surface area contributed by atoms with Crippen molar-refractivity contribution in [1.82, 2.24) is 10.7 Å². The number of halogens is 4. The van der Waals surface area contributed by atoms with E-state index in [0.717, 1.165) is 23.6 Å². The number of aromatic nitrogens is 1. The Bertz CT molecular complexity index is 538. The van der Waals surface area contributed by atoms with Gasteiger partial charge in [0.1, 0.15) is 31.7 Å². The maximum Gasteiger partial charge on any atom is 0.419 e. The number of aromatic amines is 1. The number of alkyl halides is 3. The molecule has 0 spiro atoms. The van der Waals surface area contributed by atoms with E-state index in [4.69, 9.17) is 11.6 Å². The van der Waals surface area contributed by atoms with Crippen LogP contribution in [0.3, 0.4) is 0 Å². The summed E-state index contributed by atoms with van der Waals surface area (Å²) in [4.78, 5) is 18.1. The van der Waals surface area contributed by atoms with Gasteiger partial charge in [-0.1, -0.05) is 16.8 Å². The molecular formula is C10H12ClF3N5O2+. The summed E-state index contributed by atoms with van der Waals surface area (Å²) in [6.07, 6.45) is -2.79. The highest BCUT2D eigenvalue weighted by Crippen LogP contribution is 2.31. The Morgan fingerprint density at radius 1 is 1.57 bits per heavy atom. The molecule has 0 aliphatic rings. The number of pyridine rings is 1. The number of carbonyl (C=O) groups excluding carboxylic acids is 1. The summed E-state index contributed by atoms with van der Waals surface area (Å²) in [6, 6.07) is 0.0539. The number of anilines is 1. The number of hydrogen-bond acceptors (Lipinski definition) is 4. The van der Waals surface area contributed by atoms with Crippen LogP contribution in [-0.4, -0.2) is 26.5 Å². The van der Waals surface area contributed by atoms with Crippen LogP contribution in [-0.2, 0) is 11.0 Å². The summed E-state index contributed by atoms with van der Waals surface area (Å²) in [5, 5.41) is 6.37. The number of nitrogens with zero attached hydrogens (tertiary/aromatic N) is 2. The van der Waals surface area contributed by atoms with Gasteiger partial charge < -0.3 is 4.84 Å². The molecule has 0 saturated heterocycles. The molecule has 0 bridgehead atoms. The van der Waals surface area contributed by atoms with Crippen LogP contribution < -0.4 is 20.7 Å². The Labute approximate surface area is 122 Å². The second-order valence-electron chi connectivity index (χ2n) is 3.64. The SMILES string of the molecule is CO/N=C/NC(=O)NN(C)c1[nH+]cc(C(F)(F)F)cc1Cl. The Kier molecular flexibility index (Phi) is 5.59. The topological polar surface area (TPSA) is 80.1 Å². The van der Waals surface area contributed by atoms with E-state index in [-0.39, 0.29) is 10.8 Å². The Morgan fingerprint density at radius 2 is 2.24 bits per heavy atom. The number of urea groups is 1. The molecule has 116 valence electrons. The highest BCUT2D eigenvalue weighted by atomic mass is 35.5. The van der Waals surface area contributed by atoms with Crippen LogP contribution in [0.25, 0.3) is 0 Å². The molecule has 0 aliphatic carbocycles. The molecule has 7 nitrogen and oxygen atoms in total. The molecule has 1 aromatic heterocycles. The summed E-state index contributed by atoms with van der Waals surface area (Å²) in [5.74, 6) is 0.0727. The third-order valence-corrected chi connectivity index (χ3v) is 2.45. The molecule has 0 aromatic carbocycles.